The largest absolute Gasteiger partial charge is 0.384 e. The maximum atomic E-state index is 15.9. The fourth-order valence-electron chi connectivity index (χ4n) is 6.37. The molecule has 9 heteroatoms. The first kappa shape index (κ1) is 26.3. The molecule has 2 N–H and O–H groups in total. The summed E-state index contributed by atoms with van der Waals surface area (Å²) in [6, 6.07) is 15.5. The van der Waals surface area contributed by atoms with Crippen molar-refractivity contribution in [2.45, 2.75) is 63.4 Å². The molecular formula is C31H31FN4O4. The molecule has 2 aromatic carbocycles. The summed E-state index contributed by atoms with van der Waals surface area (Å²) in [5, 5.41) is 13.8. The second-order valence-corrected chi connectivity index (χ2v) is 11.0. The number of nitrogens with one attached hydrogen (secondary N) is 1. The van der Waals surface area contributed by atoms with E-state index in [0.29, 0.717) is 28.8 Å². The summed E-state index contributed by atoms with van der Waals surface area (Å²) in [4.78, 5) is 44.9. The third-order valence-corrected chi connectivity index (χ3v) is 8.51. The van der Waals surface area contributed by atoms with Crippen molar-refractivity contribution in [1.29, 1.82) is 0 Å². The summed E-state index contributed by atoms with van der Waals surface area (Å²) in [6.45, 7) is 3.12. The van der Waals surface area contributed by atoms with Gasteiger partial charge >= 0.3 is 0 Å². The van der Waals surface area contributed by atoms with Crippen LogP contribution in [0.5, 0.6) is 0 Å². The van der Waals surface area contributed by atoms with Crippen molar-refractivity contribution in [2.24, 2.45) is 0 Å². The Morgan fingerprint density at radius 3 is 2.67 bits per heavy atom. The number of piperidine rings is 1. The second-order valence-electron chi connectivity index (χ2n) is 11.0. The normalized spacial score (nSPS) is 22.8. The third kappa shape index (κ3) is 4.59. The standard InChI is InChI=1S/C31H31FN4O4/c1-31(40,22-6-3-2-4-7-22)25-8-5-15-35(25)17-20-13-14-33-28(27(20)32)19-9-10-23-21(16-19)18-36(30(23)39)24-11-12-26(37)34-29(24)38/h2-4,6-7,9-10,13-14,16,24-25,40H,5,8,11-12,15,17-18H2,1H3,(H,34,37,38)/t24?,25-,31?/m1/s1. The molecule has 1 aromatic heterocycles. The predicted molar refractivity (Wildman–Crippen MR) is 145 cm³/mol. The summed E-state index contributed by atoms with van der Waals surface area (Å²) >= 11 is 0. The Balaban J connectivity index is 1.23. The van der Waals surface area contributed by atoms with Crippen LogP contribution in [0.4, 0.5) is 4.39 Å². The molecule has 0 radical (unpaired) electrons. The molecule has 40 heavy (non-hydrogen) atoms. The Labute approximate surface area is 231 Å². The maximum Gasteiger partial charge on any atom is 0.255 e. The number of imide groups is 1. The number of fused-ring (bicyclic) bond motifs is 1. The number of benzene rings is 2. The Morgan fingerprint density at radius 2 is 1.90 bits per heavy atom. The van der Waals surface area contributed by atoms with Gasteiger partial charge in [0, 0.05) is 48.4 Å². The van der Waals surface area contributed by atoms with Crippen LogP contribution in [-0.4, -0.2) is 56.2 Å². The van der Waals surface area contributed by atoms with Gasteiger partial charge in [0.2, 0.25) is 11.8 Å². The van der Waals surface area contributed by atoms with Crippen LogP contribution in [0, 0.1) is 5.82 Å². The van der Waals surface area contributed by atoms with E-state index in [-0.39, 0.29) is 42.9 Å². The topological polar surface area (TPSA) is 103 Å². The minimum atomic E-state index is -1.08. The van der Waals surface area contributed by atoms with E-state index < -0.39 is 23.4 Å². The number of hydrogen-bond acceptors (Lipinski definition) is 6. The number of carbonyl (C=O) groups is 3. The molecule has 3 aliphatic rings. The molecule has 4 heterocycles. The smallest absolute Gasteiger partial charge is 0.255 e. The van der Waals surface area contributed by atoms with Gasteiger partial charge in [-0.25, -0.2) is 4.39 Å². The van der Waals surface area contributed by atoms with Gasteiger partial charge in [-0.2, -0.15) is 0 Å². The molecule has 3 aromatic rings. The highest BCUT2D eigenvalue weighted by molar-refractivity contribution is 6.05. The Bertz CT molecular complexity index is 1490. The van der Waals surface area contributed by atoms with Gasteiger partial charge in [-0.3, -0.25) is 29.6 Å². The first-order chi connectivity index (χ1) is 19.2. The fraction of sp³-hybridized carbons (Fsp3) is 0.355. The van der Waals surface area contributed by atoms with E-state index in [4.69, 9.17) is 0 Å². The summed E-state index contributed by atoms with van der Waals surface area (Å²) in [7, 11) is 0. The molecule has 3 aliphatic heterocycles. The van der Waals surface area contributed by atoms with E-state index in [1.54, 1.807) is 30.5 Å². The zero-order chi connectivity index (χ0) is 28.0. The zero-order valence-corrected chi connectivity index (χ0v) is 22.3. The highest BCUT2D eigenvalue weighted by Crippen LogP contribution is 2.37. The monoisotopic (exact) mass is 542 g/mol. The van der Waals surface area contributed by atoms with Gasteiger partial charge < -0.3 is 10.0 Å². The van der Waals surface area contributed by atoms with Crippen LogP contribution in [0.1, 0.15) is 59.7 Å². The van der Waals surface area contributed by atoms with Crippen molar-refractivity contribution in [2.75, 3.05) is 6.54 Å². The van der Waals surface area contributed by atoms with Crippen molar-refractivity contribution in [3.05, 3.63) is 88.9 Å². The number of pyridine rings is 1. The quantitative estimate of drug-likeness (QED) is 0.462. The van der Waals surface area contributed by atoms with Crippen LogP contribution in [0.3, 0.4) is 0 Å². The lowest BCUT2D eigenvalue weighted by atomic mass is 9.86. The number of likely N-dealkylation sites (tertiary alicyclic amines) is 1. The van der Waals surface area contributed by atoms with Gasteiger partial charge in [-0.15, -0.1) is 0 Å². The van der Waals surface area contributed by atoms with Gasteiger partial charge in [0.15, 0.2) is 5.82 Å². The van der Waals surface area contributed by atoms with Crippen molar-refractivity contribution in [3.8, 4) is 11.3 Å². The molecule has 2 unspecified atom stereocenters. The number of hydrogen-bond donors (Lipinski definition) is 2. The average Bonchev–Trinajstić information content (AvgIpc) is 3.55. The van der Waals surface area contributed by atoms with Crippen LogP contribution in [0.15, 0.2) is 60.8 Å². The molecule has 8 nitrogen and oxygen atoms in total. The minimum absolute atomic E-state index is 0.157. The molecule has 2 fully saturated rings. The lowest BCUT2D eigenvalue weighted by Crippen LogP contribution is -2.52. The lowest BCUT2D eigenvalue weighted by Gasteiger charge is -2.37. The third-order valence-electron chi connectivity index (χ3n) is 8.51. The maximum absolute atomic E-state index is 15.9. The van der Waals surface area contributed by atoms with E-state index >= 15 is 4.39 Å². The molecule has 3 amide bonds. The molecule has 3 atom stereocenters. The van der Waals surface area contributed by atoms with E-state index in [9.17, 15) is 19.5 Å². The van der Waals surface area contributed by atoms with Gasteiger partial charge in [-0.05, 0) is 62.1 Å². The summed E-state index contributed by atoms with van der Waals surface area (Å²) in [6.07, 6.45) is 3.77. The summed E-state index contributed by atoms with van der Waals surface area (Å²) < 4.78 is 15.9. The lowest BCUT2D eigenvalue weighted by molar-refractivity contribution is -0.136. The number of nitrogens with zero attached hydrogens (tertiary/aromatic N) is 3. The van der Waals surface area contributed by atoms with Gasteiger partial charge in [0.05, 0.1) is 0 Å². The van der Waals surface area contributed by atoms with Crippen molar-refractivity contribution in [1.82, 2.24) is 20.1 Å². The first-order valence-electron chi connectivity index (χ1n) is 13.7. The number of aliphatic hydroxyl groups is 1. The molecule has 0 saturated carbocycles. The first-order valence-corrected chi connectivity index (χ1v) is 13.7. The second kappa shape index (κ2) is 10.2. The van der Waals surface area contributed by atoms with Crippen LogP contribution >= 0.6 is 0 Å². The zero-order valence-electron chi connectivity index (χ0n) is 22.3. The van der Waals surface area contributed by atoms with Gasteiger partial charge in [0.1, 0.15) is 17.3 Å². The molecule has 0 bridgehead atoms. The van der Waals surface area contributed by atoms with Crippen molar-refractivity contribution >= 4 is 17.7 Å². The number of rotatable bonds is 6. The number of carbonyl (C=O) groups excluding carboxylic acids is 3. The molecular weight excluding hydrogens is 511 g/mol. The van der Waals surface area contributed by atoms with Crippen molar-refractivity contribution < 1.29 is 23.9 Å². The van der Waals surface area contributed by atoms with Crippen LogP contribution < -0.4 is 5.32 Å². The Hall–Kier alpha value is -3.95. The van der Waals surface area contributed by atoms with Crippen LogP contribution in [0.2, 0.25) is 0 Å². The van der Waals surface area contributed by atoms with Gasteiger partial charge in [0.25, 0.3) is 5.91 Å². The van der Waals surface area contributed by atoms with Crippen LogP contribution in [0.25, 0.3) is 11.3 Å². The molecule has 0 spiro atoms. The number of aromatic nitrogens is 1. The van der Waals surface area contributed by atoms with Gasteiger partial charge in [-0.1, -0.05) is 36.4 Å². The summed E-state index contributed by atoms with van der Waals surface area (Å²) in [5.41, 5.74) is 2.14. The minimum Gasteiger partial charge on any atom is -0.384 e. The summed E-state index contributed by atoms with van der Waals surface area (Å²) in [5.74, 6) is -1.51. The highest BCUT2D eigenvalue weighted by atomic mass is 19.1. The van der Waals surface area contributed by atoms with Crippen LogP contribution in [-0.2, 0) is 28.3 Å². The molecule has 6 rings (SSSR count). The van der Waals surface area contributed by atoms with E-state index in [0.717, 1.165) is 24.9 Å². The Kier molecular flexibility index (Phi) is 6.72. The molecule has 206 valence electrons. The highest BCUT2D eigenvalue weighted by Gasteiger charge is 2.41. The Morgan fingerprint density at radius 1 is 1.10 bits per heavy atom. The van der Waals surface area contributed by atoms with E-state index in [2.05, 4.69) is 15.2 Å². The van der Waals surface area contributed by atoms with E-state index in [1.165, 1.54) is 4.90 Å². The fourth-order valence-corrected chi connectivity index (χ4v) is 6.37. The number of amides is 3. The van der Waals surface area contributed by atoms with Crippen molar-refractivity contribution in [3.63, 3.8) is 0 Å². The molecule has 2 saturated heterocycles. The van der Waals surface area contributed by atoms with E-state index in [1.807, 2.05) is 37.3 Å². The molecule has 0 aliphatic carbocycles. The predicted octanol–water partition coefficient (Wildman–Crippen LogP) is 3.52. The number of halogens is 1. The SMILES string of the molecule is CC(O)(c1ccccc1)[C@H]1CCCN1Cc1ccnc(-c2ccc3c(c2)CN(C2CCC(=O)NC2=O)C3=O)c1F. The average molecular weight is 543 g/mol.